The van der Waals surface area contributed by atoms with E-state index in [2.05, 4.69) is 20.6 Å². The van der Waals surface area contributed by atoms with Crippen LogP contribution in [0.15, 0.2) is 21.7 Å². The number of nitrogens with zero attached hydrogens (tertiary/aromatic N) is 2. The second-order valence-corrected chi connectivity index (χ2v) is 7.33. The monoisotopic (exact) mass is 478 g/mol. The number of hydrogen-bond donors (Lipinski definition) is 3. The van der Waals surface area contributed by atoms with E-state index >= 15 is 0 Å². The zero-order valence-electron chi connectivity index (χ0n) is 15.3. The standard InChI is InChI=1S/C17H26N4O2S.HI/c1-6-18-16(20-9-15-19-8-12(3)24-15)21-10-17(5,22)14-7-11(2)23-13(14)4;/h7-8,22H,6,9-10H2,1-5H3,(H2,18,20,21);1H. The van der Waals surface area contributed by atoms with Crippen LogP contribution >= 0.6 is 35.3 Å². The SMILES string of the molecule is CCNC(=NCc1ncc(C)s1)NCC(C)(O)c1cc(C)oc1C.I. The smallest absolute Gasteiger partial charge is 0.191 e. The largest absolute Gasteiger partial charge is 0.466 e. The van der Waals surface area contributed by atoms with Gasteiger partial charge in [0.15, 0.2) is 5.96 Å². The molecule has 0 saturated heterocycles. The summed E-state index contributed by atoms with van der Waals surface area (Å²) in [6.07, 6.45) is 1.85. The topological polar surface area (TPSA) is 82.7 Å². The molecule has 3 N–H and O–H groups in total. The van der Waals surface area contributed by atoms with Crippen molar-refractivity contribution in [2.24, 2.45) is 4.99 Å². The summed E-state index contributed by atoms with van der Waals surface area (Å²) >= 11 is 1.64. The Kier molecular flexibility index (Phi) is 8.36. The first kappa shape index (κ1) is 21.9. The molecule has 8 heteroatoms. The van der Waals surface area contributed by atoms with Crippen molar-refractivity contribution in [2.75, 3.05) is 13.1 Å². The van der Waals surface area contributed by atoms with E-state index in [1.165, 1.54) is 4.88 Å². The minimum Gasteiger partial charge on any atom is -0.466 e. The first-order chi connectivity index (χ1) is 11.3. The second kappa shape index (κ2) is 9.54. The highest BCUT2D eigenvalue weighted by Gasteiger charge is 2.27. The van der Waals surface area contributed by atoms with E-state index in [0.29, 0.717) is 19.0 Å². The summed E-state index contributed by atoms with van der Waals surface area (Å²) < 4.78 is 5.52. The van der Waals surface area contributed by atoms with Crippen molar-refractivity contribution in [3.8, 4) is 0 Å². The van der Waals surface area contributed by atoms with Gasteiger partial charge in [-0.3, -0.25) is 0 Å². The molecule has 0 radical (unpaired) electrons. The van der Waals surface area contributed by atoms with Gasteiger partial charge in [-0.25, -0.2) is 9.98 Å². The summed E-state index contributed by atoms with van der Waals surface area (Å²) in [6.45, 7) is 11.1. The van der Waals surface area contributed by atoms with E-state index in [1.54, 1.807) is 18.3 Å². The molecule has 140 valence electrons. The summed E-state index contributed by atoms with van der Waals surface area (Å²) in [5, 5.41) is 18.1. The van der Waals surface area contributed by atoms with Crippen LogP contribution in [0.3, 0.4) is 0 Å². The van der Waals surface area contributed by atoms with Crippen molar-refractivity contribution in [3.05, 3.63) is 39.2 Å². The third kappa shape index (κ3) is 6.27. The average Bonchev–Trinajstić information content (AvgIpc) is 3.07. The number of rotatable bonds is 6. The van der Waals surface area contributed by atoms with Crippen molar-refractivity contribution >= 4 is 41.3 Å². The predicted octanol–water partition coefficient (Wildman–Crippen LogP) is 3.24. The highest BCUT2D eigenvalue weighted by atomic mass is 127. The van der Waals surface area contributed by atoms with Crippen LogP contribution in [0.4, 0.5) is 0 Å². The Balaban J connectivity index is 0.00000312. The maximum absolute atomic E-state index is 10.8. The minimum absolute atomic E-state index is 0. The zero-order valence-corrected chi connectivity index (χ0v) is 18.5. The van der Waals surface area contributed by atoms with E-state index in [0.717, 1.165) is 28.6 Å². The molecule has 2 heterocycles. The number of thiazole rings is 1. The second-order valence-electron chi connectivity index (χ2n) is 6.01. The summed E-state index contributed by atoms with van der Waals surface area (Å²) in [4.78, 5) is 10.0. The van der Waals surface area contributed by atoms with Gasteiger partial charge in [0.1, 0.15) is 22.1 Å². The van der Waals surface area contributed by atoms with Crippen LogP contribution in [-0.2, 0) is 12.1 Å². The van der Waals surface area contributed by atoms with Crippen LogP contribution < -0.4 is 10.6 Å². The molecule has 0 amide bonds. The molecule has 0 aromatic carbocycles. The third-order valence-corrected chi connectivity index (χ3v) is 4.50. The lowest BCUT2D eigenvalue weighted by molar-refractivity contribution is 0.0601. The number of aromatic nitrogens is 1. The van der Waals surface area contributed by atoms with E-state index in [-0.39, 0.29) is 24.0 Å². The summed E-state index contributed by atoms with van der Waals surface area (Å²) in [6, 6.07) is 1.87. The van der Waals surface area contributed by atoms with Crippen LogP contribution in [0.2, 0.25) is 0 Å². The lowest BCUT2D eigenvalue weighted by Crippen LogP contribution is -2.44. The van der Waals surface area contributed by atoms with Gasteiger partial charge in [-0.05, 0) is 40.7 Å². The summed E-state index contributed by atoms with van der Waals surface area (Å²) in [5.74, 6) is 2.19. The van der Waals surface area contributed by atoms with E-state index in [9.17, 15) is 5.11 Å². The third-order valence-electron chi connectivity index (χ3n) is 3.61. The van der Waals surface area contributed by atoms with Gasteiger partial charge in [0.2, 0.25) is 0 Å². The molecule has 6 nitrogen and oxygen atoms in total. The van der Waals surface area contributed by atoms with Gasteiger partial charge in [0, 0.05) is 23.2 Å². The Bertz CT molecular complexity index is 709. The number of halogens is 1. The van der Waals surface area contributed by atoms with Crippen molar-refractivity contribution < 1.29 is 9.52 Å². The number of hydrogen-bond acceptors (Lipinski definition) is 5. The van der Waals surface area contributed by atoms with Crippen LogP contribution in [-0.4, -0.2) is 29.1 Å². The molecule has 2 aromatic rings. The van der Waals surface area contributed by atoms with Gasteiger partial charge in [0.05, 0.1) is 13.1 Å². The molecule has 1 unspecified atom stereocenters. The average molecular weight is 478 g/mol. The van der Waals surface area contributed by atoms with Crippen molar-refractivity contribution in [1.29, 1.82) is 0 Å². The summed E-state index contributed by atoms with van der Waals surface area (Å²) in [7, 11) is 0. The van der Waals surface area contributed by atoms with Crippen LogP contribution in [0, 0.1) is 20.8 Å². The van der Waals surface area contributed by atoms with Crippen molar-refractivity contribution in [1.82, 2.24) is 15.6 Å². The normalized spacial score (nSPS) is 13.9. The molecule has 0 bridgehead atoms. The number of aliphatic hydroxyl groups is 1. The van der Waals surface area contributed by atoms with Crippen molar-refractivity contribution in [2.45, 2.75) is 46.8 Å². The molecular formula is C17H27IN4O2S. The van der Waals surface area contributed by atoms with Crippen LogP contribution in [0.5, 0.6) is 0 Å². The molecule has 25 heavy (non-hydrogen) atoms. The number of guanidine groups is 1. The van der Waals surface area contributed by atoms with Gasteiger partial charge in [-0.1, -0.05) is 0 Å². The van der Waals surface area contributed by atoms with Gasteiger partial charge in [-0.15, -0.1) is 35.3 Å². The predicted molar refractivity (Wildman–Crippen MR) is 113 cm³/mol. The Morgan fingerprint density at radius 2 is 2.08 bits per heavy atom. The number of nitrogens with one attached hydrogen (secondary N) is 2. The molecule has 0 fully saturated rings. The maximum Gasteiger partial charge on any atom is 0.191 e. The molecule has 0 aliphatic rings. The lowest BCUT2D eigenvalue weighted by atomic mass is 9.96. The molecule has 0 spiro atoms. The van der Waals surface area contributed by atoms with Gasteiger partial charge in [0.25, 0.3) is 0 Å². The van der Waals surface area contributed by atoms with E-state index < -0.39 is 5.60 Å². The highest BCUT2D eigenvalue weighted by molar-refractivity contribution is 14.0. The maximum atomic E-state index is 10.8. The molecule has 1 atom stereocenters. The fraction of sp³-hybridized carbons (Fsp3) is 0.529. The summed E-state index contributed by atoms with van der Waals surface area (Å²) in [5.41, 5.74) is -0.255. The highest BCUT2D eigenvalue weighted by Crippen LogP contribution is 2.26. The molecule has 2 aromatic heterocycles. The first-order valence-electron chi connectivity index (χ1n) is 8.05. The van der Waals surface area contributed by atoms with Gasteiger partial charge < -0.3 is 20.2 Å². The fourth-order valence-electron chi connectivity index (χ4n) is 2.48. The molecule has 2 rings (SSSR count). The molecule has 0 aliphatic heterocycles. The Hall–Kier alpha value is -1.13. The van der Waals surface area contributed by atoms with Crippen LogP contribution in [0.25, 0.3) is 0 Å². The number of aryl methyl sites for hydroxylation is 3. The first-order valence-corrected chi connectivity index (χ1v) is 8.87. The Morgan fingerprint density at radius 1 is 1.36 bits per heavy atom. The lowest BCUT2D eigenvalue weighted by Gasteiger charge is -2.24. The van der Waals surface area contributed by atoms with Gasteiger partial charge in [-0.2, -0.15) is 0 Å². The molecule has 0 saturated carbocycles. The minimum atomic E-state index is -1.05. The quantitative estimate of drug-likeness (QED) is 0.338. The molecular weight excluding hydrogens is 451 g/mol. The van der Waals surface area contributed by atoms with Crippen LogP contribution in [0.1, 0.15) is 40.8 Å². The number of furan rings is 1. The van der Waals surface area contributed by atoms with E-state index in [4.69, 9.17) is 4.42 Å². The van der Waals surface area contributed by atoms with Gasteiger partial charge >= 0.3 is 0 Å². The molecule has 0 aliphatic carbocycles. The Morgan fingerprint density at radius 3 is 2.60 bits per heavy atom. The van der Waals surface area contributed by atoms with E-state index in [1.807, 2.05) is 40.0 Å². The van der Waals surface area contributed by atoms with Crippen molar-refractivity contribution in [3.63, 3.8) is 0 Å². The zero-order chi connectivity index (χ0) is 17.7. The Labute approximate surface area is 170 Å². The fourth-order valence-corrected chi connectivity index (χ4v) is 3.19. The number of aliphatic imine (C=N–C) groups is 1.